The molecule has 1 aliphatic rings. The molecular weight excluding hydrogens is 417 g/mol. The molecule has 1 unspecified atom stereocenters. The van der Waals surface area contributed by atoms with Crippen LogP contribution < -0.4 is 10.6 Å². The molecule has 5 heteroatoms. The molecule has 124 valence electrons. The summed E-state index contributed by atoms with van der Waals surface area (Å²) in [6, 6.07) is 13.0. The van der Waals surface area contributed by atoms with Crippen LogP contribution in [0.2, 0.25) is 0 Å². The van der Waals surface area contributed by atoms with Crippen LogP contribution in [-0.4, -0.2) is 25.6 Å². The van der Waals surface area contributed by atoms with E-state index in [9.17, 15) is 0 Å². The van der Waals surface area contributed by atoms with Crippen molar-refractivity contribution < 1.29 is 0 Å². The second-order valence-electron chi connectivity index (χ2n) is 5.58. The number of halogens is 1. The second-order valence-corrected chi connectivity index (χ2v) is 6.61. The highest BCUT2D eigenvalue weighted by Gasteiger charge is 2.24. The summed E-state index contributed by atoms with van der Waals surface area (Å²) in [6.07, 6.45) is 2.21. The molecule has 3 nitrogen and oxygen atoms in total. The van der Waals surface area contributed by atoms with E-state index in [2.05, 4.69) is 59.3 Å². The third kappa shape index (κ3) is 4.94. The average molecular weight is 441 g/mol. The van der Waals surface area contributed by atoms with E-state index in [4.69, 9.17) is 4.99 Å². The Balaban J connectivity index is 0.00000192. The minimum Gasteiger partial charge on any atom is -0.357 e. The lowest BCUT2D eigenvalue weighted by Crippen LogP contribution is -2.38. The summed E-state index contributed by atoms with van der Waals surface area (Å²) in [5, 5.41) is 8.89. The van der Waals surface area contributed by atoms with Gasteiger partial charge in [0.05, 0.1) is 0 Å². The largest absolute Gasteiger partial charge is 0.357 e. The Morgan fingerprint density at radius 2 is 2.09 bits per heavy atom. The zero-order valence-corrected chi connectivity index (χ0v) is 16.6. The number of nitrogens with one attached hydrogen (secondary N) is 2. The van der Waals surface area contributed by atoms with Gasteiger partial charge in [0.15, 0.2) is 5.96 Å². The Kier molecular flexibility index (Phi) is 7.36. The highest BCUT2D eigenvalue weighted by Crippen LogP contribution is 2.34. The van der Waals surface area contributed by atoms with Crippen molar-refractivity contribution in [1.29, 1.82) is 0 Å². The van der Waals surface area contributed by atoms with E-state index in [0.29, 0.717) is 5.92 Å². The number of hydrogen-bond donors (Lipinski definition) is 2. The first-order valence-corrected chi connectivity index (χ1v) is 8.87. The van der Waals surface area contributed by atoms with E-state index in [1.54, 1.807) is 0 Å². The fourth-order valence-corrected chi connectivity index (χ4v) is 3.54. The number of rotatable bonds is 6. The van der Waals surface area contributed by atoms with Gasteiger partial charge in [-0.2, -0.15) is 0 Å². The summed E-state index contributed by atoms with van der Waals surface area (Å²) >= 11 is 1.81. The van der Waals surface area contributed by atoms with E-state index in [0.717, 1.165) is 38.4 Å². The predicted octanol–water partition coefficient (Wildman–Crippen LogP) is 3.80. The molecule has 1 aromatic heterocycles. The van der Waals surface area contributed by atoms with Crippen molar-refractivity contribution in [3.05, 3.63) is 57.8 Å². The van der Waals surface area contributed by atoms with Gasteiger partial charge in [0.2, 0.25) is 0 Å². The molecule has 0 saturated heterocycles. The lowest BCUT2D eigenvalue weighted by atomic mass is 9.78. The number of benzene rings is 1. The molecular formula is C18H24IN3S. The molecule has 0 bridgehead atoms. The first-order chi connectivity index (χ1) is 10.9. The highest BCUT2D eigenvalue weighted by atomic mass is 127. The molecule has 0 saturated carbocycles. The van der Waals surface area contributed by atoms with Crippen LogP contribution >= 0.6 is 35.3 Å². The molecule has 23 heavy (non-hydrogen) atoms. The molecule has 1 atom stereocenters. The lowest BCUT2D eigenvalue weighted by molar-refractivity contribution is 0.614. The van der Waals surface area contributed by atoms with Crippen LogP contribution in [0.5, 0.6) is 0 Å². The number of nitrogens with zero attached hydrogens (tertiary/aromatic N) is 1. The summed E-state index contributed by atoms with van der Waals surface area (Å²) in [7, 11) is 0. The van der Waals surface area contributed by atoms with Gasteiger partial charge in [-0.05, 0) is 42.3 Å². The summed E-state index contributed by atoms with van der Waals surface area (Å²) in [6.45, 7) is 4.79. The zero-order valence-electron chi connectivity index (χ0n) is 13.4. The van der Waals surface area contributed by atoms with E-state index in [1.807, 2.05) is 11.3 Å². The Morgan fingerprint density at radius 1 is 1.22 bits per heavy atom. The van der Waals surface area contributed by atoms with Crippen molar-refractivity contribution in [3.63, 3.8) is 0 Å². The standard InChI is InChI=1S/C18H23N3S.HI/c1-2-19-18(20-10-9-16-7-5-11-22-16)21-13-15-12-14-6-3-4-8-17(14)15;/h3-8,11,15H,2,9-10,12-13H2,1H3,(H2,19,20,21);1H. The van der Waals surface area contributed by atoms with Crippen LogP contribution in [-0.2, 0) is 12.8 Å². The molecule has 0 spiro atoms. The fourth-order valence-electron chi connectivity index (χ4n) is 2.83. The van der Waals surface area contributed by atoms with Gasteiger partial charge in [0, 0.05) is 30.4 Å². The Bertz CT molecular complexity index is 625. The average Bonchev–Trinajstić information content (AvgIpc) is 3.01. The van der Waals surface area contributed by atoms with Crippen molar-refractivity contribution >= 4 is 41.3 Å². The van der Waals surface area contributed by atoms with Crippen molar-refractivity contribution in [3.8, 4) is 0 Å². The predicted molar refractivity (Wildman–Crippen MR) is 110 cm³/mol. The van der Waals surface area contributed by atoms with Crippen LogP contribution in [0, 0.1) is 0 Å². The normalized spacial score (nSPS) is 16.0. The maximum atomic E-state index is 4.75. The Hall–Kier alpha value is -1.08. The molecule has 1 aromatic carbocycles. The zero-order chi connectivity index (χ0) is 15.2. The first-order valence-electron chi connectivity index (χ1n) is 7.99. The second kappa shape index (κ2) is 9.27. The van der Waals surface area contributed by atoms with Crippen molar-refractivity contribution in [2.24, 2.45) is 4.99 Å². The first kappa shape index (κ1) is 18.3. The fraction of sp³-hybridized carbons (Fsp3) is 0.389. The summed E-state index contributed by atoms with van der Waals surface area (Å²) < 4.78 is 0. The lowest BCUT2D eigenvalue weighted by Gasteiger charge is -2.28. The van der Waals surface area contributed by atoms with Gasteiger partial charge in [-0.25, -0.2) is 0 Å². The molecule has 2 aromatic rings. The van der Waals surface area contributed by atoms with Crippen LogP contribution in [0.3, 0.4) is 0 Å². The van der Waals surface area contributed by atoms with Crippen LogP contribution in [0.15, 0.2) is 46.8 Å². The van der Waals surface area contributed by atoms with Gasteiger partial charge in [0.1, 0.15) is 0 Å². The molecule has 0 fully saturated rings. The SMILES string of the molecule is CCNC(=NCC1Cc2ccccc21)NCCc1cccs1.I. The minimum atomic E-state index is 0. The van der Waals surface area contributed by atoms with E-state index in [1.165, 1.54) is 16.0 Å². The number of guanidine groups is 1. The topological polar surface area (TPSA) is 36.4 Å². The molecule has 3 rings (SSSR count). The highest BCUT2D eigenvalue weighted by molar-refractivity contribution is 14.0. The summed E-state index contributed by atoms with van der Waals surface area (Å²) in [5.74, 6) is 1.52. The van der Waals surface area contributed by atoms with Gasteiger partial charge < -0.3 is 10.6 Å². The molecule has 0 aliphatic heterocycles. The van der Waals surface area contributed by atoms with Crippen LogP contribution in [0.25, 0.3) is 0 Å². The van der Waals surface area contributed by atoms with Crippen molar-refractivity contribution in [2.75, 3.05) is 19.6 Å². The summed E-state index contributed by atoms with van der Waals surface area (Å²) in [4.78, 5) is 6.16. The maximum absolute atomic E-state index is 4.75. The maximum Gasteiger partial charge on any atom is 0.191 e. The number of fused-ring (bicyclic) bond motifs is 1. The number of thiophene rings is 1. The molecule has 0 amide bonds. The van der Waals surface area contributed by atoms with Gasteiger partial charge >= 0.3 is 0 Å². The molecule has 2 N–H and O–H groups in total. The van der Waals surface area contributed by atoms with E-state index < -0.39 is 0 Å². The van der Waals surface area contributed by atoms with Crippen LogP contribution in [0.1, 0.15) is 28.8 Å². The summed E-state index contributed by atoms with van der Waals surface area (Å²) in [5.41, 5.74) is 2.96. The van der Waals surface area contributed by atoms with Crippen LogP contribution in [0.4, 0.5) is 0 Å². The van der Waals surface area contributed by atoms with Gasteiger partial charge in [0.25, 0.3) is 0 Å². The quantitative estimate of drug-likeness (QED) is 0.407. The Labute approximate surface area is 159 Å². The third-order valence-corrected chi connectivity index (χ3v) is 4.96. The monoisotopic (exact) mass is 441 g/mol. The Morgan fingerprint density at radius 3 is 2.83 bits per heavy atom. The van der Waals surface area contributed by atoms with E-state index in [-0.39, 0.29) is 24.0 Å². The molecule has 0 radical (unpaired) electrons. The third-order valence-electron chi connectivity index (χ3n) is 4.02. The van der Waals surface area contributed by atoms with Crippen molar-refractivity contribution in [1.82, 2.24) is 10.6 Å². The number of aliphatic imine (C=N–C) groups is 1. The molecule has 1 heterocycles. The minimum absolute atomic E-state index is 0. The van der Waals surface area contributed by atoms with Gasteiger partial charge in [-0.1, -0.05) is 30.3 Å². The van der Waals surface area contributed by atoms with E-state index >= 15 is 0 Å². The number of hydrogen-bond acceptors (Lipinski definition) is 2. The van der Waals surface area contributed by atoms with Gasteiger partial charge in [-0.3, -0.25) is 4.99 Å². The van der Waals surface area contributed by atoms with Crippen molar-refractivity contribution in [2.45, 2.75) is 25.7 Å². The van der Waals surface area contributed by atoms with Gasteiger partial charge in [-0.15, -0.1) is 35.3 Å². The smallest absolute Gasteiger partial charge is 0.191 e. The molecule has 1 aliphatic carbocycles.